The van der Waals surface area contributed by atoms with Gasteiger partial charge in [-0.15, -0.1) is 0 Å². The van der Waals surface area contributed by atoms with E-state index in [2.05, 4.69) is 5.10 Å². The zero-order chi connectivity index (χ0) is 14.9. The number of halogens is 2. The fraction of sp³-hybridized carbons (Fsp3) is 0.286. The predicted molar refractivity (Wildman–Crippen MR) is 74.0 cm³/mol. The molecule has 20 heavy (non-hydrogen) atoms. The largest absolute Gasteiger partial charge is 0.476 e. The van der Waals surface area contributed by atoms with Crippen LogP contribution in [-0.4, -0.2) is 20.9 Å². The number of hydrogen-bond acceptors (Lipinski definition) is 2. The molecule has 6 heteroatoms. The molecular formula is C14H14ClFN2O2. The summed E-state index contributed by atoms with van der Waals surface area (Å²) in [5.74, 6) is -1.26. The number of benzene rings is 1. The second kappa shape index (κ2) is 5.63. The number of carboxylic acids is 1. The molecule has 2 rings (SSSR count). The average Bonchev–Trinajstić information content (AvgIpc) is 2.67. The lowest BCUT2D eigenvalue weighted by Crippen LogP contribution is -2.08. The van der Waals surface area contributed by atoms with Crippen LogP contribution in [-0.2, 0) is 6.42 Å². The van der Waals surface area contributed by atoms with Crippen molar-refractivity contribution in [1.82, 2.24) is 9.78 Å². The summed E-state index contributed by atoms with van der Waals surface area (Å²) in [6, 6.07) is 5.42. The van der Waals surface area contributed by atoms with Crippen LogP contribution in [0.3, 0.4) is 0 Å². The quantitative estimate of drug-likeness (QED) is 0.938. The highest BCUT2D eigenvalue weighted by atomic mass is 35.5. The zero-order valence-corrected chi connectivity index (χ0v) is 11.9. The van der Waals surface area contributed by atoms with Crippen molar-refractivity contribution < 1.29 is 14.3 Å². The molecule has 0 unspecified atom stereocenters. The molecule has 0 saturated carbocycles. The van der Waals surface area contributed by atoms with Crippen LogP contribution in [0.4, 0.5) is 4.39 Å². The van der Waals surface area contributed by atoms with Crippen LogP contribution in [0.5, 0.6) is 0 Å². The molecule has 0 fully saturated rings. The second-order valence-electron chi connectivity index (χ2n) is 4.90. The van der Waals surface area contributed by atoms with E-state index in [1.165, 1.54) is 28.9 Å². The summed E-state index contributed by atoms with van der Waals surface area (Å²) in [7, 11) is 0. The van der Waals surface area contributed by atoms with E-state index in [4.69, 9.17) is 11.6 Å². The SMILES string of the molecule is CC(C)Cc1nn(-c2ccc(F)cc2)c(C(=O)O)c1Cl. The molecule has 1 aromatic carbocycles. The molecule has 0 saturated heterocycles. The van der Waals surface area contributed by atoms with Gasteiger partial charge in [0.05, 0.1) is 16.4 Å². The molecule has 106 valence electrons. The lowest BCUT2D eigenvalue weighted by molar-refractivity contribution is 0.0687. The summed E-state index contributed by atoms with van der Waals surface area (Å²) < 4.78 is 14.2. The van der Waals surface area contributed by atoms with Crippen LogP contribution in [0.1, 0.15) is 30.0 Å². The molecule has 1 heterocycles. The molecule has 0 atom stereocenters. The molecule has 1 aromatic heterocycles. The Morgan fingerprint density at radius 2 is 2.00 bits per heavy atom. The van der Waals surface area contributed by atoms with Crippen molar-refractivity contribution in [2.75, 3.05) is 0 Å². The maximum Gasteiger partial charge on any atom is 0.356 e. The van der Waals surface area contributed by atoms with Gasteiger partial charge in [-0.3, -0.25) is 0 Å². The van der Waals surface area contributed by atoms with E-state index in [1.807, 2.05) is 13.8 Å². The minimum absolute atomic E-state index is 0.103. The van der Waals surface area contributed by atoms with Gasteiger partial charge in [0.15, 0.2) is 5.69 Å². The maximum atomic E-state index is 12.9. The first-order valence-electron chi connectivity index (χ1n) is 6.16. The molecule has 0 amide bonds. The number of carbonyl (C=O) groups is 1. The summed E-state index contributed by atoms with van der Waals surface area (Å²) in [4.78, 5) is 11.4. The van der Waals surface area contributed by atoms with Gasteiger partial charge in [-0.25, -0.2) is 13.9 Å². The molecule has 0 aliphatic rings. The zero-order valence-electron chi connectivity index (χ0n) is 11.1. The van der Waals surface area contributed by atoms with Crippen LogP contribution in [0.2, 0.25) is 5.02 Å². The van der Waals surface area contributed by atoms with Crippen molar-refractivity contribution in [1.29, 1.82) is 0 Å². The van der Waals surface area contributed by atoms with Crippen LogP contribution in [0.15, 0.2) is 24.3 Å². The topological polar surface area (TPSA) is 55.1 Å². The summed E-state index contributed by atoms with van der Waals surface area (Å²) in [5, 5.41) is 13.7. The highest BCUT2D eigenvalue weighted by molar-refractivity contribution is 6.34. The molecule has 0 radical (unpaired) electrons. The Balaban J connectivity index is 2.56. The van der Waals surface area contributed by atoms with Crippen molar-refractivity contribution >= 4 is 17.6 Å². The lowest BCUT2D eigenvalue weighted by atomic mass is 10.1. The van der Waals surface area contributed by atoms with E-state index in [1.54, 1.807) is 0 Å². The monoisotopic (exact) mass is 296 g/mol. The van der Waals surface area contributed by atoms with Crippen LogP contribution in [0, 0.1) is 11.7 Å². The number of aromatic carboxylic acids is 1. The van der Waals surface area contributed by atoms with Crippen molar-refractivity contribution in [3.63, 3.8) is 0 Å². The molecule has 0 aliphatic carbocycles. The number of nitrogens with zero attached hydrogens (tertiary/aromatic N) is 2. The normalized spacial score (nSPS) is 11.1. The molecule has 2 aromatic rings. The van der Waals surface area contributed by atoms with Crippen molar-refractivity contribution in [2.24, 2.45) is 5.92 Å². The second-order valence-corrected chi connectivity index (χ2v) is 5.28. The van der Waals surface area contributed by atoms with E-state index in [0.29, 0.717) is 23.7 Å². The number of rotatable bonds is 4. The van der Waals surface area contributed by atoms with Gasteiger partial charge in [-0.05, 0) is 36.6 Å². The third-order valence-corrected chi connectivity index (χ3v) is 3.17. The van der Waals surface area contributed by atoms with Gasteiger partial charge in [0, 0.05) is 0 Å². The summed E-state index contributed by atoms with van der Waals surface area (Å²) in [6.45, 7) is 3.99. The van der Waals surface area contributed by atoms with Gasteiger partial charge < -0.3 is 5.11 Å². The highest BCUT2D eigenvalue weighted by Crippen LogP contribution is 2.26. The Hall–Kier alpha value is -1.88. The fourth-order valence-corrected chi connectivity index (χ4v) is 2.19. The molecule has 0 bridgehead atoms. The van der Waals surface area contributed by atoms with Gasteiger partial charge in [-0.1, -0.05) is 25.4 Å². The van der Waals surface area contributed by atoms with Crippen LogP contribution < -0.4 is 0 Å². The van der Waals surface area contributed by atoms with Crippen LogP contribution in [0.25, 0.3) is 5.69 Å². The first-order valence-corrected chi connectivity index (χ1v) is 6.54. The van der Waals surface area contributed by atoms with E-state index in [-0.39, 0.29) is 10.7 Å². The smallest absolute Gasteiger partial charge is 0.356 e. The van der Waals surface area contributed by atoms with Crippen LogP contribution >= 0.6 is 11.6 Å². The predicted octanol–water partition coefficient (Wildman–Crippen LogP) is 3.56. The Kier molecular flexibility index (Phi) is 4.09. The summed E-state index contributed by atoms with van der Waals surface area (Å²) >= 11 is 6.11. The van der Waals surface area contributed by atoms with E-state index >= 15 is 0 Å². The Labute approximate surface area is 120 Å². The van der Waals surface area contributed by atoms with Gasteiger partial charge in [0.1, 0.15) is 5.82 Å². The molecule has 0 aliphatic heterocycles. The fourth-order valence-electron chi connectivity index (χ4n) is 1.91. The Bertz CT molecular complexity index is 635. The minimum atomic E-state index is -1.16. The number of carboxylic acid groups (broad SMARTS) is 1. The molecule has 4 nitrogen and oxygen atoms in total. The van der Waals surface area contributed by atoms with Gasteiger partial charge in [0.25, 0.3) is 0 Å². The van der Waals surface area contributed by atoms with Gasteiger partial charge in [-0.2, -0.15) is 5.10 Å². The van der Waals surface area contributed by atoms with Crippen molar-refractivity contribution in [3.05, 3.63) is 46.5 Å². The van der Waals surface area contributed by atoms with Gasteiger partial charge in [0.2, 0.25) is 0 Å². The Morgan fingerprint density at radius 3 is 2.50 bits per heavy atom. The highest BCUT2D eigenvalue weighted by Gasteiger charge is 2.23. The Morgan fingerprint density at radius 1 is 1.40 bits per heavy atom. The third kappa shape index (κ3) is 2.82. The van der Waals surface area contributed by atoms with Crippen molar-refractivity contribution in [2.45, 2.75) is 20.3 Å². The summed E-state index contributed by atoms with van der Waals surface area (Å²) in [5.41, 5.74) is 0.887. The lowest BCUT2D eigenvalue weighted by Gasteiger charge is -2.04. The summed E-state index contributed by atoms with van der Waals surface area (Å²) in [6.07, 6.45) is 0.577. The molecule has 1 N–H and O–H groups in total. The van der Waals surface area contributed by atoms with E-state index in [9.17, 15) is 14.3 Å². The van der Waals surface area contributed by atoms with Crippen molar-refractivity contribution in [3.8, 4) is 5.69 Å². The molecular weight excluding hydrogens is 283 g/mol. The first kappa shape index (κ1) is 14.5. The average molecular weight is 297 g/mol. The van der Waals surface area contributed by atoms with Gasteiger partial charge >= 0.3 is 5.97 Å². The number of hydrogen-bond donors (Lipinski definition) is 1. The minimum Gasteiger partial charge on any atom is -0.476 e. The first-order chi connectivity index (χ1) is 9.40. The number of aromatic nitrogens is 2. The standard InChI is InChI=1S/C14H14ClFN2O2/c1-8(2)7-11-12(15)13(14(19)20)18(17-11)10-5-3-9(16)4-6-10/h3-6,8H,7H2,1-2H3,(H,19,20). The maximum absolute atomic E-state index is 12.9. The third-order valence-electron chi connectivity index (χ3n) is 2.77. The van der Waals surface area contributed by atoms with E-state index in [0.717, 1.165) is 0 Å². The van der Waals surface area contributed by atoms with E-state index < -0.39 is 11.8 Å². The molecule has 0 spiro atoms.